The molecular weight excluding hydrogens is 278 g/mol. The van der Waals surface area contributed by atoms with Crippen LogP contribution >= 0.6 is 0 Å². The summed E-state index contributed by atoms with van der Waals surface area (Å²) < 4.78 is 2.42. The highest BCUT2D eigenvalue weighted by atomic mass is 15.0. The minimum Gasteiger partial charge on any atom is -0.340 e. The first-order chi connectivity index (χ1) is 11.4. The van der Waals surface area contributed by atoms with E-state index in [0.717, 1.165) is 6.54 Å². The Balaban J connectivity index is 1.89. The molecule has 4 rings (SSSR count). The van der Waals surface area contributed by atoms with Crippen LogP contribution in [0, 0.1) is 0 Å². The van der Waals surface area contributed by atoms with Gasteiger partial charge in [0.15, 0.2) is 0 Å². The molecule has 0 fully saturated rings. The molecule has 0 aliphatic rings. The number of para-hydroxylation sites is 2. The van der Waals surface area contributed by atoms with Gasteiger partial charge in [-0.05, 0) is 17.7 Å². The fourth-order valence-corrected chi connectivity index (χ4v) is 3.41. The predicted octanol–water partition coefficient (Wildman–Crippen LogP) is 5.76. The average Bonchev–Trinajstić information content (AvgIpc) is 2.94. The van der Waals surface area contributed by atoms with Crippen LogP contribution in [0.25, 0.3) is 21.8 Å². The maximum atomic E-state index is 4.06. The number of benzene rings is 3. The molecule has 0 saturated carbocycles. The number of hydrogen-bond donors (Lipinski definition) is 0. The molecule has 4 aromatic rings. The average molecular weight is 297 g/mol. The highest BCUT2D eigenvalue weighted by molar-refractivity contribution is 6.07. The van der Waals surface area contributed by atoms with Crippen LogP contribution in [-0.4, -0.2) is 4.57 Å². The third-order valence-corrected chi connectivity index (χ3v) is 4.57. The van der Waals surface area contributed by atoms with Crippen molar-refractivity contribution < 1.29 is 0 Å². The van der Waals surface area contributed by atoms with Crippen LogP contribution in [0.2, 0.25) is 0 Å². The second-order valence-corrected chi connectivity index (χ2v) is 5.90. The molecule has 1 heteroatoms. The first-order valence-electron chi connectivity index (χ1n) is 8.02. The van der Waals surface area contributed by atoms with Crippen LogP contribution in [0.1, 0.15) is 11.5 Å². The molecule has 0 aliphatic carbocycles. The first-order valence-corrected chi connectivity index (χ1v) is 8.02. The van der Waals surface area contributed by atoms with Gasteiger partial charge in [-0.15, -0.1) is 6.58 Å². The van der Waals surface area contributed by atoms with Gasteiger partial charge in [0, 0.05) is 34.3 Å². The molecule has 1 heterocycles. The van der Waals surface area contributed by atoms with Gasteiger partial charge in [0.05, 0.1) is 0 Å². The zero-order chi connectivity index (χ0) is 15.6. The summed E-state index contributed by atoms with van der Waals surface area (Å²) in [6.45, 7) is 4.97. The van der Waals surface area contributed by atoms with Crippen LogP contribution in [0.3, 0.4) is 0 Å². The third kappa shape index (κ3) is 2.35. The van der Waals surface area contributed by atoms with Crippen LogP contribution in [0.15, 0.2) is 91.5 Å². The van der Waals surface area contributed by atoms with Gasteiger partial charge >= 0.3 is 0 Å². The fourth-order valence-electron chi connectivity index (χ4n) is 3.41. The van der Waals surface area contributed by atoms with Crippen LogP contribution in [0.5, 0.6) is 0 Å². The van der Waals surface area contributed by atoms with Crippen LogP contribution < -0.4 is 0 Å². The molecule has 0 spiro atoms. The minimum absolute atomic E-state index is 0.301. The van der Waals surface area contributed by atoms with Crippen LogP contribution in [0.4, 0.5) is 0 Å². The molecule has 0 bridgehead atoms. The van der Waals surface area contributed by atoms with E-state index in [1.54, 1.807) is 0 Å². The molecule has 23 heavy (non-hydrogen) atoms. The summed E-state index contributed by atoms with van der Waals surface area (Å²) >= 11 is 0. The zero-order valence-electron chi connectivity index (χ0n) is 13.0. The summed E-state index contributed by atoms with van der Waals surface area (Å²) in [5.41, 5.74) is 3.89. The van der Waals surface area contributed by atoms with E-state index in [-0.39, 0.29) is 0 Å². The van der Waals surface area contributed by atoms with E-state index >= 15 is 0 Å². The van der Waals surface area contributed by atoms with E-state index in [0.29, 0.717) is 5.92 Å². The largest absolute Gasteiger partial charge is 0.340 e. The van der Waals surface area contributed by atoms with E-state index in [9.17, 15) is 0 Å². The Kier molecular flexibility index (Phi) is 3.47. The van der Waals surface area contributed by atoms with Crippen molar-refractivity contribution in [3.63, 3.8) is 0 Å². The second kappa shape index (κ2) is 5.77. The highest BCUT2D eigenvalue weighted by Crippen LogP contribution is 2.31. The van der Waals surface area contributed by atoms with E-state index in [4.69, 9.17) is 0 Å². The lowest BCUT2D eigenvalue weighted by atomic mass is 9.99. The quantitative estimate of drug-likeness (QED) is 0.422. The van der Waals surface area contributed by atoms with E-state index in [2.05, 4.69) is 96.1 Å². The zero-order valence-corrected chi connectivity index (χ0v) is 13.0. The van der Waals surface area contributed by atoms with Crippen molar-refractivity contribution >= 4 is 21.8 Å². The lowest BCUT2D eigenvalue weighted by Gasteiger charge is -2.16. The SMILES string of the molecule is C=C[C@@H](Cn1c2ccccc2c2ccccc21)c1ccccc1. The summed E-state index contributed by atoms with van der Waals surface area (Å²) in [7, 11) is 0. The molecule has 0 N–H and O–H groups in total. The van der Waals surface area contributed by atoms with Gasteiger partial charge in [0.1, 0.15) is 0 Å². The van der Waals surface area contributed by atoms with Gasteiger partial charge in [0.25, 0.3) is 0 Å². The predicted molar refractivity (Wildman–Crippen MR) is 98.8 cm³/mol. The van der Waals surface area contributed by atoms with E-state index in [1.165, 1.54) is 27.4 Å². The molecular formula is C22H19N. The van der Waals surface area contributed by atoms with Gasteiger partial charge in [-0.1, -0.05) is 72.8 Å². The van der Waals surface area contributed by atoms with E-state index < -0.39 is 0 Å². The Bertz CT molecular complexity index is 910. The van der Waals surface area contributed by atoms with Crippen molar-refractivity contribution in [1.29, 1.82) is 0 Å². The lowest BCUT2D eigenvalue weighted by molar-refractivity contribution is 0.676. The molecule has 0 amide bonds. The molecule has 112 valence electrons. The van der Waals surface area contributed by atoms with Gasteiger partial charge < -0.3 is 4.57 Å². The number of allylic oxidation sites excluding steroid dienone is 1. The Morgan fingerprint density at radius 3 is 1.83 bits per heavy atom. The molecule has 0 unspecified atom stereocenters. The number of hydrogen-bond acceptors (Lipinski definition) is 0. The molecule has 0 radical (unpaired) electrons. The molecule has 0 aliphatic heterocycles. The number of nitrogens with zero attached hydrogens (tertiary/aromatic N) is 1. The molecule has 1 atom stereocenters. The van der Waals surface area contributed by atoms with Crippen molar-refractivity contribution in [3.8, 4) is 0 Å². The van der Waals surface area contributed by atoms with Gasteiger partial charge in [0.2, 0.25) is 0 Å². The van der Waals surface area contributed by atoms with Gasteiger partial charge in [-0.25, -0.2) is 0 Å². The van der Waals surface area contributed by atoms with Crippen molar-refractivity contribution in [2.45, 2.75) is 12.5 Å². The topological polar surface area (TPSA) is 4.93 Å². The Labute approximate surface area is 136 Å². The maximum absolute atomic E-state index is 4.06. The minimum atomic E-state index is 0.301. The molecule has 1 nitrogen and oxygen atoms in total. The maximum Gasteiger partial charge on any atom is 0.0491 e. The van der Waals surface area contributed by atoms with Gasteiger partial charge in [-0.2, -0.15) is 0 Å². The fraction of sp³-hybridized carbons (Fsp3) is 0.0909. The summed E-state index contributed by atoms with van der Waals surface area (Å²) in [5.74, 6) is 0.301. The third-order valence-electron chi connectivity index (χ3n) is 4.57. The molecule has 1 aromatic heterocycles. The van der Waals surface area contributed by atoms with Crippen molar-refractivity contribution in [1.82, 2.24) is 4.57 Å². The number of aromatic nitrogens is 1. The Morgan fingerprint density at radius 1 is 0.739 bits per heavy atom. The number of fused-ring (bicyclic) bond motifs is 3. The van der Waals surface area contributed by atoms with Crippen molar-refractivity contribution in [3.05, 3.63) is 97.1 Å². The lowest BCUT2D eigenvalue weighted by Crippen LogP contribution is -2.07. The second-order valence-electron chi connectivity index (χ2n) is 5.90. The van der Waals surface area contributed by atoms with Crippen LogP contribution in [-0.2, 0) is 6.54 Å². The summed E-state index contributed by atoms with van der Waals surface area (Å²) in [4.78, 5) is 0. The summed E-state index contributed by atoms with van der Waals surface area (Å²) in [5, 5.41) is 2.64. The summed E-state index contributed by atoms with van der Waals surface area (Å²) in [6.07, 6.45) is 2.05. The Morgan fingerprint density at radius 2 is 1.26 bits per heavy atom. The Hall–Kier alpha value is -2.80. The van der Waals surface area contributed by atoms with Crippen molar-refractivity contribution in [2.75, 3.05) is 0 Å². The smallest absolute Gasteiger partial charge is 0.0491 e. The van der Waals surface area contributed by atoms with Crippen molar-refractivity contribution in [2.24, 2.45) is 0 Å². The monoisotopic (exact) mass is 297 g/mol. The summed E-state index contributed by atoms with van der Waals surface area (Å²) in [6, 6.07) is 27.9. The highest BCUT2D eigenvalue weighted by Gasteiger charge is 2.14. The number of rotatable bonds is 4. The van der Waals surface area contributed by atoms with Gasteiger partial charge in [-0.3, -0.25) is 0 Å². The molecule has 0 saturated heterocycles. The molecule has 3 aromatic carbocycles. The normalized spacial score (nSPS) is 12.5. The first kappa shape index (κ1) is 13.8. The van der Waals surface area contributed by atoms with E-state index in [1.807, 2.05) is 0 Å². The standard InChI is InChI=1S/C22H19N/c1-2-17(18-10-4-3-5-11-18)16-23-21-14-8-6-12-19(21)20-13-7-9-15-22(20)23/h2-15,17H,1,16H2/t17-/m0/s1.